The third-order valence-corrected chi connectivity index (χ3v) is 6.65. The topological polar surface area (TPSA) is 59.5 Å². The van der Waals surface area contributed by atoms with E-state index in [2.05, 4.69) is 16.8 Å². The molecule has 1 aromatic carbocycles. The van der Waals surface area contributed by atoms with Gasteiger partial charge in [-0.3, -0.25) is 4.79 Å². The van der Waals surface area contributed by atoms with Gasteiger partial charge in [0, 0.05) is 42.0 Å². The summed E-state index contributed by atoms with van der Waals surface area (Å²) in [6.07, 6.45) is 3.25. The van der Waals surface area contributed by atoms with Crippen LogP contribution in [-0.4, -0.2) is 51.8 Å². The van der Waals surface area contributed by atoms with E-state index in [9.17, 15) is 9.35 Å². The highest BCUT2D eigenvalue weighted by Gasteiger charge is 2.34. The smallest absolute Gasteiger partial charge is 0.254 e. The molecule has 0 spiro atoms. The summed E-state index contributed by atoms with van der Waals surface area (Å²) >= 11 is 11.1. The maximum atomic E-state index is 13.0. The predicted octanol–water partition coefficient (Wildman–Crippen LogP) is 3.87. The SMILES string of the molecule is CC1C(C)N(c2cc(Cl)ccn2)CCN1C(=O)c1ccc([S+](C)[O-])c(Cl)c1. The fourth-order valence-corrected chi connectivity index (χ4v) is 4.59. The molecule has 8 heteroatoms. The number of amides is 1. The number of pyridine rings is 1. The quantitative estimate of drug-likeness (QED) is 0.700. The summed E-state index contributed by atoms with van der Waals surface area (Å²) in [6.45, 7) is 5.33. The Labute approximate surface area is 172 Å². The van der Waals surface area contributed by atoms with E-state index in [1.807, 2.05) is 17.9 Å². The second-order valence-electron chi connectivity index (χ2n) is 6.60. The van der Waals surface area contributed by atoms with Gasteiger partial charge in [-0.25, -0.2) is 4.98 Å². The molecule has 0 aliphatic carbocycles. The van der Waals surface area contributed by atoms with Gasteiger partial charge in [-0.2, -0.15) is 0 Å². The summed E-state index contributed by atoms with van der Waals surface area (Å²) in [5.41, 5.74) is 0.502. The number of carbonyl (C=O) groups is 1. The first kappa shape index (κ1) is 20.3. The number of halogens is 2. The molecule has 1 fully saturated rings. The molecule has 0 N–H and O–H groups in total. The molecule has 3 unspecified atom stereocenters. The van der Waals surface area contributed by atoms with Crippen LogP contribution in [0.5, 0.6) is 0 Å². The Morgan fingerprint density at radius 1 is 1.19 bits per heavy atom. The van der Waals surface area contributed by atoms with E-state index in [1.165, 1.54) is 0 Å². The number of piperazine rings is 1. The Morgan fingerprint density at radius 3 is 2.56 bits per heavy atom. The van der Waals surface area contributed by atoms with Gasteiger partial charge in [-0.1, -0.05) is 23.2 Å². The van der Waals surface area contributed by atoms with Gasteiger partial charge in [0.15, 0.2) is 4.90 Å². The van der Waals surface area contributed by atoms with Crippen molar-refractivity contribution in [3.63, 3.8) is 0 Å². The molecule has 0 saturated carbocycles. The monoisotopic (exact) mass is 425 g/mol. The first-order chi connectivity index (χ1) is 12.8. The zero-order valence-electron chi connectivity index (χ0n) is 15.4. The third-order valence-electron chi connectivity index (χ3n) is 5.01. The second-order valence-corrected chi connectivity index (χ2v) is 8.80. The van der Waals surface area contributed by atoms with Crippen molar-refractivity contribution < 1.29 is 9.35 Å². The Balaban J connectivity index is 1.79. The zero-order valence-corrected chi connectivity index (χ0v) is 17.7. The van der Waals surface area contributed by atoms with E-state index in [0.29, 0.717) is 33.6 Å². The lowest BCUT2D eigenvalue weighted by molar-refractivity contribution is 0.0633. The van der Waals surface area contributed by atoms with Gasteiger partial charge in [-0.05, 0) is 55.4 Å². The molecule has 144 valence electrons. The second kappa shape index (κ2) is 8.27. The van der Waals surface area contributed by atoms with Crippen molar-refractivity contribution in [2.45, 2.75) is 30.8 Å². The van der Waals surface area contributed by atoms with Gasteiger partial charge in [0.1, 0.15) is 12.1 Å². The van der Waals surface area contributed by atoms with Gasteiger partial charge in [0.2, 0.25) is 0 Å². The van der Waals surface area contributed by atoms with Crippen molar-refractivity contribution in [3.05, 3.63) is 52.1 Å². The number of rotatable bonds is 3. The number of hydrogen-bond donors (Lipinski definition) is 0. The Bertz CT molecular complexity index is 849. The maximum Gasteiger partial charge on any atom is 0.254 e. The number of carbonyl (C=O) groups excluding carboxylic acids is 1. The number of hydrogen-bond acceptors (Lipinski definition) is 4. The summed E-state index contributed by atoms with van der Waals surface area (Å²) in [7, 11) is 0. The molecule has 1 amide bonds. The van der Waals surface area contributed by atoms with Gasteiger partial charge in [0.05, 0.1) is 5.02 Å². The molecule has 5 nitrogen and oxygen atoms in total. The molecule has 1 saturated heterocycles. The normalized spacial score (nSPS) is 21.3. The average Bonchev–Trinajstić information content (AvgIpc) is 2.63. The Morgan fingerprint density at radius 2 is 1.93 bits per heavy atom. The number of benzene rings is 1. The fraction of sp³-hybridized carbons (Fsp3) is 0.368. The minimum Gasteiger partial charge on any atom is -0.612 e. The average molecular weight is 426 g/mol. The summed E-state index contributed by atoms with van der Waals surface area (Å²) in [5, 5.41) is 0.991. The van der Waals surface area contributed by atoms with Crippen molar-refractivity contribution in [2.24, 2.45) is 0 Å². The summed E-state index contributed by atoms with van der Waals surface area (Å²) in [6, 6.07) is 8.58. The lowest BCUT2D eigenvalue weighted by Crippen LogP contribution is -2.59. The molecule has 1 aliphatic heterocycles. The maximum absolute atomic E-state index is 13.0. The van der Waals surface area contributed by atoms with E-state index in [-0.39, 0.29) is 18.0 Å². The van der Waals surface area contributed by atoms with E-state index in [1.54, 1.807) is 36.7 Å². The van der Waals surface area contributed by atoms with E-state index < -0.39 is 11.2 Å². The third kappa shape index (κ3) is 4.19. The molecule has 3 atom stereocenters. The van der Waals surface area contributed by atoms with Gasteiger partial charge in [0.25, 0.3) is 5.91 Å². The van der Waals surface area contributed by atoms with E-state index in [4.69, 9.17) is 23.2 Å². The van der Waals surface area contributed by atoms with Crippen LogP contribution in [0.2, 0.25) is 10.0 Å². The first-order valence-corrected chi connectivity index (χ1v) is 10.9. The highest BCUT2D eigenvalue weighted by atomic mass is 35.5. The number of aromatic nitrogens is 1. The lowest BCUT2D eigenvalue weighted by Gasteiger charge is -2.45. The zero-order chi connectivity index (χ0) is 19.7. The van der Waals surface area contributed by atoms with Crippen molar-refractivity contribution in [1.82, 2.24) is 9.88 Å². The molecule has 3 rings (SSSR count). The van der Waals surface area contributed by atoms with Crippen LogP contribution in [0.15, 0.2) is 41.4 Å². The molecule has 27 heavy (non-hydrogen) atoms. The predicted molar refractivity (Wildman–Crippen MR) is 110 cm³/mol. The standard InChI is InChI=1S/C19H21Cl2N3O2S/c1-12-13(2)24(9-8-23(12)18-11-15(20)6-7-22-18)19(25)14-4-5-17(27(3)26)16(21)10-14/h4-7,10-13H,8-9H2,1-3H3. The van der Waals surface area contributed by atoms with Crippen LogP contribution in [0.1, 0.15) is 24.2 Å². The minimum atomic E-state index is -1.19. The van der Waals surface area contributed by atoms with E-state index >= 15 is 0 Å². The molecule has 1 aromatic heterocycles. The van der Waals surface area contributed by atoms with Crippen molar-refractivity contribution in [3.8, 4) is 0 Å². The lowest BCUT2D eigenvalue weighted by atomic mass is 10.0. The minimum absolute atomic E-state index is 0.0224. The van der Waals surface area contributed by atoms with Crippen LogP contribution in [0, 0.1) is 0 Å². The molecule has 2 heterocycles. The van der Waals surface area contributed by atoms with Crippen molar-refractivity contribution in [1.29, 1.82) is 0 Å². The Kier molecular flexibility index (Phi) is 6.21. The van der Waals surface area contributed by atoms with Gasteiger partial charge >= 0.3 is 0 Å². The van der Waals surface area contributed by atoms with Crippen LogP contribution in [0.3, 0.4) is 0 Å². The number of nitrogens with zero attached hydrogens (tertiary/aromatic N) is 3. The highest BCUT2D eigenvalue weighted by molar-refractivity contribution is 7.90. The highest BCUT2D eigenvalue weighted by Crippen LogP contribution is 2.27. The van der Waals surface area contributed by atoms with Crippen LogP contribution in [-0.2, 0) is 11.2 Å². The van der Waals surface area contributed by atoms with Gasteiger partial charge < -0.3 is 14.4 Å². The van der Waals surface area contributed by atoms with Crippen molar-refractivity contribution >= 4 is 46.1 Å². The molecular weight excluding hydrogens is 405 g/mol. The van der Waals surface area contributed by atoms with Crippen LogP contribution in [0.25, 0.3) is 0 Å². The summed E-state index contributed by atoms with van der Waals surface area (Å²) < 4.78 is 11.6. The molecule has 2 aromatic rings. The van der Waals surface area contributed by atoms with Crippen LogP contribution >= 0.6 is 23.2 Å². The summed E-state index contributed by atoms with van der Waals surface area (Å²) in [5.74, 6) is 0.732. The molecule has 0 bridgehead atoms. The molecule has 1 aliphatic rings. The molecule has 0 radical (unpaired) electrons. The fourth-order valence-electron chi connectivity index (χ4n) is 3.34. The van der Waals surface area contributed by atoms with E-state index in [0.717, 1.165) is 5.82 Å². The Hall–Kier alpha value is -1.47. The van der Waals surface area contributed by atoms with Crippen LogP contribution < -0.4 is 4.90 Å². The molecular formula is C19H21Cl2N3O2S. The van der Waals surface area contributed by atoms with Crippen LogP contribution in [0.4, 0.5) is 5.82 Å². The van der Waals surface area contributed by atoms with Crippen molar-refractivity contribution in [2.75, 3.05) is 24.2 Å². The first-order valence-electron chi connectivity index (χ1n) is 8.61. The summed E-state index contributed by atoms with van der Waals surface area (Å²) in [4.78, 5) is 22.0. The number of anilines is 1. The van der Waals surface area contributed by atoms with Gasteiger partial charge in [-0.15, -0.1) is 0 Å². The largest absolute Gasteiger partial charge is 0.612 e.